The van der Waals surface area contributed by atoms with E-state index in [0.29, 0.717) is 12.1 Å². The molecule has 1 amide bonds. The second-order valence-electron chi connectivity index (χ2n) is 7.60. The van der Waals surface area contributed by atoms with Gasteiger partial charge in [-0.2, -0.15) is 0 Å². The van der Waals surface area contributed by atoms with E-state index in [1.54, 1.807) is 0 Å². The van der Waals surface area contributed by atoms with Crippen LogP contribution in [-0.2, 0) is 6.42 Å². The molecule has 0 fully saturated rings. The molecule has 2 heterocycles. The average Bonchev–Trinajstić information content (AvgIpc) is 3.12. The van der Waals surface area contributed by atoms with Gasteiger partial charge < -0.3 is 9.88 Å². The molecule has 0 bridgehead atoms. The number of hydrogen-bond acceptors (Lipinski definition) is 1. The fourth-order valence-electron chi connectivity index (χ4n) is 4.34. The van der Waals surface area contributed by atoms with E-state index in [-0.39, 0.29) is 11.9 Å². The molecule has 0 spiro atoms. The number of aromatic amines is 1. The standard InChI is InChI=1S/C25H21BrN2O/c1-16-10-12-17(13-11-16)24-23-19(18-6-3-5-9-22(18)27-23)14-15-28(24)25(29)20-7-2-4-8-21(20)26/h2-13,24,27H,14-15H2,1H3/t24-/m0/s1. The minimum Gasteiger partial charge on any atom is -0.356 e. The van der Waals surface area contributed by atoms with Crippen molar-refractivity contribution >= 4 is 32.7 Å². The van der Waals surface area contributed by atoms with E-state index in [1.807, 2.05) is 29.2 Å². The predicted octanol–water partition coefficient (Wildman–Crippen LogP) is 6.03. The molecule has 1 N–H and O–H groups in total. The molecular formula is C25H21BrN2O. The normalized spacial score (nSPS) is 16.1. The van der Waals surface area contributed by atoms with Crippen molar-refractivity contribution in [2.45, 2.75) is 19.4 Å². The monoisotopic (exact) mass is 444 g/mol. The minimum atomic E-state index is -0.133. The smallest absolute Gasteiger partial charge is 0.255 e. The number of halogens is 1. The molecule has 0 saturated heterocycles. The number of carbonyl (C=O) groups excluding carboxylic acids is 1. The zero-order chi connectivity index (χ0) is 20.0. The Morgan fingerprint density at radius 3 is 2.52 bits per heavy atom. The van der Waals surface area contributed by atoms with E-state index >= 15 is 0 Å². The zero-order valence-corrected chi connectivity index (χ0v) is 17.7. The van der Waals surface area contributed by atoms with E-state index in [4.69, 9.17) is 0 Å². The van der Waals surface area contributed by atoms with Crippen LogP contribution in [0.4, 0.5) is 0 Å². The van der Waals surface area contributed by atoms with Gasteiger partial charge in [-0.15, -0.1) is 0 Å². The molecular weight excluding hydrogens is 424 g/mol. The van der Waals surface area contributed by atoms with Crippen LogP contribution < -0.4 is 0 Å². The molecule has 144 valence electrons. The van der Waals surface area contributed by atoms with Crippen LogP contribution >= 0.6 is 15.9 Å². The molecule has 0 radical (unpaired) electrons. The maximum atomic E-state index is 13.6. The summed E-state index contributed by atoms with van der Waals surface area (Å²) in [5.74, 6) is 0.0485. The third kappa shape index (κ3) is 3.08. The zero-order valence-electron chi connectivity index (χ0n) is 16.2. The van der Waals surface area contributed by atoms with Gasteiger partial charge in [-0.1, -0.05) is 60.2 Å². The largest absolute Gasteiger partial charge is 0.356 e. The molecule has 0 unspecified atom stereocenters. The Bertz CT molecular complexity index is 1210. The first-order valence-electron chi connectivity index (χ1n) is 9.85. The molecule has 1 aliphatic heterocycles. The summed E-state index contributed by atoms with van der Waals surface area (Å²) in [5, 5.41) is 1.26. The molecule has 1 atom stereocenters. The Labute approximate surface area is 178 Å². The van der Waals surface area contributed by atoms with Crippen LogP contribution in [0.2, 0.25) is 0 Å². The number of fused-ring (bicyclic) bond motifs is 3. The van der Waals surface area contributed by atoms with Crippen molar-refractivity contribution in [1.29, 1.82) is 0 Å². The predicted molar refractivity (Wildman–Crippen MR) is 120 cm³/mol. The number of rotatable bonds is 2. The lowest BCUT2D eigenvalue weighted by atomic mass is 9.91. The number of para-hydroxylation sites is 1. The van der Waals surface area contributed by atoms with Gasteiger partial charge in [-0.3, -0.25) is 4.79 Å². The Hall–Kier alpha value is -2.85. The van der Waals surface area contributed by atoms with Gasteiger partial charge in [0.05, 0.1) is 11.6 Å². The number of aryl methyl sites for hydroxylation is 1. The second-order valence-corrected chi connectivity index (χ2v) is 8.46. The first-order chi connectivity index (χ1) is 14.1. The van der Waals surface area contributed by atoms with E-state index < -0.39 is 0 Å². The molecule has 4 heteroatoms. The van der Waals surface area contributed by atoms with Crippen molar-refractivity contribution in [3.63, 3.8) is 0 Å². The van der Waals surface area contributed by atoms with Crippen LogP contribution in [0, 0.1) is 6.92 Å². The average molecular weight is 445 g/mol. The van der Waals surface area contributed by atoms with Gasteiger partial charge in [0.2, 0.25) is 0 Å². The highest BCUT2D eigenvalue weighted by Gasteiger charge is 2.35. The van der Waals surface area contributed by atoms with Gasteiger partial charge in [0.1, 0.15) is 0 Å². The maximum absolute atomic E-state index is 13.6. The summed E-state index contributed by atoms with van der Waals surface area (Å²) in [5.41, 5.74) is 6.62. The van der Waals surface area contributed by atoms with Gasteiger partial charge in [0.25, 0.3) is 5.91 Å². The number of carbonyl (C=O) groups is 1. The van der Waals surface area contributed by atoms with Gasteiger partial charge in [-0.25, -0.2) is 0 Å². The van der Waals surface area contributed by atoms with Crippen molar-refractivity contribution in [2.24, 2.45) is 0 Å². The molecule has 3 nitrogen and oxygen atoms in total. The molecule has 1 aliphatic rings. The van der Waals surface area contributed by atoms with Crippen molar-refractivity contribution in [2.75, 3.05) is 6.54 Å². The number of nitrogens with one attached hydrogen (secondary N) is 1. The Balaban J connectivity index is 1.68. The number of H-pyrrole nitrogens is 1. The molecule has 3 aromatic carbocycles. The maximum Gasteiger partial charge on any atom is 0.255 e. The first-order valence-corrected chi connectivity index (χ1v) is 10.6. The van der Waals surface area contributed by atoms with Crippen LogP contribution in [0.25, 0.3) is 10.9 Å². The van der Waals surface area contributed by atoms with Gasteiger partial charge in [0.15, 0.2) is 0 Å². The van der Waals surface area contributed by atoms with Crippen molar-refractivity contribution in [1.82, 2.24) is 9.88 Å². The summed E-state index contributed by atoms with van der Waals surface area (Å²) < 4.78 is 0.829. The fraction of sp³-hybridized carbons (Fsp3) is 0.160. The molecule has 29 heavy (non-hydrogen) atoms. The number of nitrogens with zero attached hydrogens (tertiary/aromatic N) is 1. The summed E-state index contributed by atoms with van der Waals surface area (Å²) in [6.07, 6.45) is 0.845. The van der Waals surface area contributed by atoms with Gasteiger partial charge in [0, 0.05) is 27.6 Å². The highest BCUT2D eigenvalue weighted by Crippen LogP contribution is 2.39. The Morgan fingerprint density at radius 2 is 1.72 bits per heavy atom. The van der Waals surface area contributed by atoms with Crippen LogP contribution in [0.1, 0.15) is 38.8 Å². The summed E-state index contributed by atoms with van der Waals surface area (Å²) in [6, 6.07) is 24.5. The van der Waals surface area contributed by atoms with Crippen molar-refractivity contribution in [3.8, 4) is 0 Å². The first kappa shape index (κ1) is 18.2. The summed E-state index contributed by atoms with van der Waals surface area (Å²) in [6.45, 7) is 2.77. The van der Waals surface area contributed by atoms with Crippen molar-refractivity contribution in [3.05, 3.63) is 105 Å². The van der Waals surface area contributed by atoms with Crippen molar-refractivity contribution < 1.29 is 4.79 Å². The van der Waals surface area contributed by atoms with Crippen LogP contribution in [0.3, 0.4) is 0 Å². The lowest BCUT2D eigenvalue weighted by Gasteiger charge is -2.36. The minimum absolute atomic E-state index is 0.0485. The third-order valence-electron chi connectivity index (χ3n) is 5.79. The quantitative estimate of drug-likeness (QED) is 0.402. The number of benzene rings is 3. The summed E-state index contributed by atoms with van der Waals surface area (Å²) in [4.78, 5) is 19.2. The molecule has 1 aromatic heterocycles. The lowest BCUT2D eigenvalue weighted by Crippen LogP contribution is -2.40. The molecule has 5 rings (SSSR count). The SMILES string of the molecule is Cc1ccc([C@H]2c3[nH]c4ccccc4c3CCN2C(=O)c2ccccc2Br)cc1. The second kappa shape index (κ2) is 7.20. The number of hydrogen-bond donors (Lipinski definition) is 1. The van der Waals surface area contributed by atoms with Gasteiger partial charge >= 0.3 is 0 Å². The Kier molecular flexibility index (Phi) is 4.51. The Morgan fingerprint density at radius 1 is 1.00 bits per heavy atom. The molecule has 0 saturated carbocycles. The van der Waals surface area contributed by atoms with E-state index in [2.05, 4.69) is 76.4 Å². The highest BCUT2D eigenvalue weighted by atomic mass is 79.9. The fourth-order valence-corrected chi connectivity index (χ4v) is 4.80. The number of aromatic nitrogens is 1. The summed E-state index contributed by atoms with van der Waals surface area (Å²) >= 11 is 3.55. The molecule has 0 aliphatic carbocycles. The topological polar surface area (TPSA) is 36.1 Å². The third-order valence-corrected chi connectivity index (χ3v) is 6.48. The summed E-state index contributed by atoms with van der Waals surface area (Å²) in [7, 11) is 0. The van der Waals surface area contributed by atoms with E-state index in [1.165, 1.54) is 16.5 Å². The van der Waals surface area contributed by atoms with Gasteiger partial charge in [-0.05, 0) is 58.6 Å². The number of amides is 1. The van der Waals surface area contributed by atoms with E-state index in [0.717, 1.165) is 27.7 Å². The highest BCUT2D eigenvalue weighted by molar-refractivity contribution is 9.10. The van der Waals surface area contributed by atoms with Crippen LogP contribution in [-0.4, -0.2) is 22.3 Å². The van der Waals surface area contributed by atoms with Crippen LogP contribution in [0.5, 0.6) is 0 Å². The van der Waals surface area contributed by atoms with E-state index in [9.17, 15) is 4.79 Å². The lowest BCUT2D eigenvalue weighted by molar-refractivity contribution is 0.0691. The molecule has 4 aromatic rings. The van der Waals surface area contributed by atoms with Crippen LogP contribution in [0.15, 0.2) is 77.3 Å².